The van der Waals surface area contributed by atoms with Crippen molar-refractivity contribution in [3.05, 3.63) is 0 Å². The molecule has 3 aliphatic heterocycles. The molecule has 210 valence electrons. The highest BCUT2D eigenvalue weighted by atomic mass is 19.4. The van der Waals surface area contributed by atoms with Gasteiger partial charge in [0.1, 0.15) is 18.1 Å². The van der Waals surface area contributed by atoms with Gasteiger partial charge in [0.15, 0.2) is 0 Å². The molecule has 3 heterocycles. The number of carbonyl (C=O) groups is 4. The molecule has 0 aromatic rings. The molecule has 0 aromatic carbocycles. The third-order valence-electron chi connectivity index (χ3n) is 8.27. The maximum atomic E-state index is 14.9. The zero-order chi connectivity index (χ0) is 27.8. The lowest BCUT2D eigenvalue weighted by molar-refractivity contribution is -0.196. The summed E-state index contributed by atoms with van der Waals surface area (Å²) in [6.07, 6.45) is -3.56. The summed E-state index contributed by atoms with van der Waals surface area (Å²) in [4.78, 5) is 51.5. The molecule has 38 heavy (non-hydrogen) atoms. The molecule has 5 fully saturated rings. The Morgan fingerprint density at radius 3 is 2.34 bits per heavy atom. The lowest BCUT2D eigenvalue weighted by atomic mass is 9.71. The average molecular weight is 548 g/mol. The van der Waals surface area contributed by atoms with Gasteiger partial charge in [-0.15, -0.1) is 0 Å². The minimum absolute atomic E-state index is 0.0504. The van der Waals surface area contributed by atoms with E-state index in [1.165, 1.54) is 0 Å². The molecule has 14 heteroatoms. The number of nitrogens with zero attached hydrogens (tertiary/aromatic N) is 2. The van der Waals surface area contributed by atoms with Crippen LogP contribution in [0.1, 0.15) is 57.8 Å². The number of piperidine rings is 2. The number of hydrogen-bond donors (Lipinski definition) is 3. The van der Waals surface area contributed by atoms with Crippen LogP contribution in [0.25, 0.3) is 0 Å². The summed E-state index contributed by atoms with van der Waals surface area (Å²) < 4.78 is 68.9. The fraction of sp³-hybridized carbons (Fsp3) is 0.792. The van der Waals surface area contributed by atoms with E-state index in [9.17, 15) is 46.4 Å². The SMILES string of the molecule is N#C[C@H](C[C@@H]1CCNC1=O)NC(=O)[C@H]1[C@@H]2CC[C@@H](CC2(F)F)N1C(=O)[C@@H](CC1CCC1)NC(=O)C(F)(F)F. The maximum absolute atomic E-state index is 14.9. The minimum Gasteiger partial charge on any atom is -0.356 e. The van der Waals surface area contributed by atoms with Gasteiger partial charge in [-0.2, -0.15) is 18.4 Å². The zero-order valence-corrected chi connectivity index (χ0v) is 20.5. The Balaban J connectivity index is 1.58. The Labute approximate surface area is 215 Å². The van der Waals surface area contributed by atoms with E-state index in [0.29, 0.717) is 25.8 Å². The summed E-state index contributed by atoms with van der Waals surface area (Å²) in [7, 11) is 0. The highest BCUT2D eigenvalue weighted by molar-refractivity contribution is 5.94. The molecule has 9 nitrogen and oxygen atoms in total. The number of carbonyl (C=O) groups excluding carboxylic acids is 4. The van der Waals surface area contributed by atoms with Crippen LogP contribution in [0.15, 0.2) is 0 Å². The molecule has 0 unspecified atom stereocenters. The van der Waals surface area contributed by atoms with E-state index in [2.05, 4.69) is 10.6 Å². The van der Waals surface area contributed by atoms with Gasteiger partial charge in [-0.1, -0.05) is 19.3 Å². The first kappa shape index (κ1) is 28.0. The van der Waals surface area contributed by atoms with Crippen LogP contribution in [-0.2, 0) is 19.2 Å². The largest absolute Gasteiger partial charge is 0.471 e. The fourth-order valence-electron chi connectivity index (χ4n) is 6.08. The first-order valence-corrected chi connectivity index (χ1v) is 12.9. The number of rotatable bonds is 8. The molecule has 0 spiro atoms. The number of alkyl halides is 5. The van der Waals surface area contributed by atoms with Gasteiger partial charge >= 0.3 is 12.1 Å². The molecule has 4 amide bonds. The zero-order valence-electron chi connectivity index (χ0n) is 20.5. The molecular weight excluding hydrogens is 517 g/mol. The predicted molar refractivity (Wildman–Crippen MR) is 120 cm³/mol. The maximum Gasteiger partial charge on any atom is 0.471 e. The number of hydrogen-bond acceptors (Lipinski definition) is 5. The predicted octanol–water partition coefficient (Wildman–Crippen LogP) is 1.77. The average Bonchev–Trinajstić information content (AvgIpc) is 3.21. The Hall–Kier alpha value is -2.98. The second kappa shape index (κ2) is 10.6. The second-order valence-electron chi connectivity index (χ2n) is 10.8. The molecule has 5 aliphatic rings. The van der Waals surface area contributed by atoms with Gasteiger partial charge in [0.05, 0.1) is 12.0 Å². The summed E-state index contributed by atoms with van der Waals surface area (Å²) in [6.45, 7) is 0.405. The van der Waals surface area contributed by atoms with Gasteiger partial charge in [0, 0.05) is 24.9 Å². The van der Waals surface area contributed by atoms with Crippen LogP contribution in [-0.4, -0.2) is 71.3 Å². The number of nitriles is 1. The quantitative estimate of drug-likeness (QED) is 0.399. The van der Waals surface area contributed by atoms with Crippen molar-refractivity contribution in [2.75, 3.05) is 6.54 Å². The van der Waals surface area contributed by atoms with Crippen molar-refractivity contribution in [1.82, 2.24) is 20.9 Å². The van der Waals surface area contributed by atoms with E-state index in [1.54, 1.807) is 5.32 Å². The Morgan fingerprint density at radius 1 is 1.11 bits per heavy atom. The first-order chi connectivity index (χ1) is 17.8. The van der Waals surface area contributed by atoms with Crippen LogP contribution in [0, 0.1) is 29.1 Å². The van der Waals surface area contributed by atoms with Crippen molar-refractivity contribution in [3.63, 3.8) is 0 Å². The van der Waals surface area contributed by atoms with E-state index in [-0.39, 0.29) is 37.5 Å². The van der Waals surface area contributed by atoms with Crippen molar-refractivity contribution < 1.29 is 41.1 Å². The molecule has 5 rings (SSSR count). The standard InChI is InChI=1S/C24H30F5N5O4/c25-23(26)10-15-4-5-16(23)18(20(36)32-14(11-30)9-13-6-7-31-19(13)35)34(15)21(37)17(8-12-2-1-3-12)33-22(38)24(27,28)29/h12-18H,1-10H2,(H,31,35)(H,32,36)(H,33,38)/t13-,14-,15-,16-,17+,18+/m0/s1. The highest BCUT2D eigenvalue weighted by Crippen LogP contribution is 2.49. The van der Waals surface area contributed by atoms with Crippen LogP contribution in [0.3, 0.4) is 0 Å². The summed E-state index contributed by atoms with van der Waals surface area (Å²) in [5.74, 6) is -10.2. The van der Waals surface area contributed by atoms with E-state index in [1.807, 2.05) is 6.07 Å². The third kappa shape index (κ3) is 5.71. The van der Waals surface area contributed by atoms with Crippen molar-refractivity contribution in [2.24, 2.45) is 17.8 Å². The summed E-state index contributed by atoms with van der Waals surface area (Å²) in [5, 5.41) is 16.3. The van der Waals surface area contributed by atoms with E-state index in [0.717, 1.165) is 11.3 Å². The van der Waals surface area contributed by atoms with Gasteiger partial charge in [-0.3, -0.25) is 19.2 Å². The van der Waals surface area contributed by atoms with Crippen LogP contribution >= 0.6 is 0 Å². The van der Waals surface area contributed by atoms with E-state index in [4.69, 9.17) is 0 Å². The summed E-state index contributed by atoms with van der Waals surface area (Å²) in [5.41, 5.74) is 0. The Morgan fingerprint density at radius 2 is 1.82 bits per heavy atom. The van der Waals surface area contributed by atoms with Crippen LogP contribution in [0.2, 0.25) is 0 Å². The van der Waals surface area contributed by atoms with Crippen LogP contribution < -0.4 is 16.0 Å². The van der Waals surface area contributed by atoms with Gasteiger partial charge in [0.25, 0.3) is 5.92 Å². The number of halogens is 5. The minimum atomic E-state index is -5.25. The van der Waals surface area contributed by atoms with Gasteiger partial charge in [-0.25, -0.2) is 8.78 Å². The molecule has 2 saturated carbocycles. The lowest BCUT2D eigenvalue weighted by Crippen LogP contribution is -2.71. The van der Waals surface area contributed by atoms with Gasteiger partial charge in [-0.05, 0) is 38.0 Å². The lowest BCUT2D eigenvalue weighted by Gasteiger charge is -2.54. The number of amides is 4. The fourth-order valence-corrected chi connectivity index (χ4v) is 6.08. The van der Waals surface area contributed by atoms with Crippen molar-refractivity contribution in [3.8, 4) is 6.07 Å². The van der Waals surface area contributed by atoms with E-state index >= 15 is 0 Å². The molecule has 6 atom stereocenters. The first-order valence-electron chi connectivity index (χ1n) is 12.9. The van der Waals surface area contributed by atoms with Crippen LogP contribution in [0.4, 0.5) is 22.0 Å². The molecular formula is C24H30F5N5O4. The molecule has 3 saturated heterocycles. The smallest absolute Gasteiger partial charge is 0.356 e. The monoisotopic (exact) mass is 547 g/mol. The normalized spacial score (nSPS) is 30.0. The Bertz CT molecular complexity index is 1010. The van der Waals surface area contributed by atoms with Crippen molar-refractivity contribution in [1.29, 1.82) is 5.26 Å². The van der Waals surface area contributed by atoms with Gasteiger partial charge < -0.3 is 20.9 Å². The highest BCUT2D eigenvalue weighted by Gasteiger charge is 2.61. The summed E-state index contributed by atoms with van der Waals surface area (Å²) in [6, 6.07) is -3.83. The van der Waals surface area contributed by atoms with Crippen LogP contribution in [0.5, 0.6) is 0 Å². The van der Waals surface area contributed by atoms with Crippen molar-refractivity contribution >= 4 is 23.6 Å². The number of fused-ring (bicyclic) bond motifs is 3. The third-order valence-corrected chi connectivity index (χ3v) is 8.27. The molecule has 3 N–H and O–H groups in total. The van der Waals surface area contributed by atoms with Gasteiger partial charge in [0.2, 0.25) is 17.7 Å². The molecule has 2 bridgehead atoms. The van der Waals surface area contributed by atoms with Crippen molar-refractivity contribution in [2.45, 2.75) is 94.1 Å². The Kier molecular flexibility index (Phi) is 7.86. The topological polar surface area (TPSA) is 131 Å². The molecule has 0 radical (unpaired) electrons. The molecule has 2 aliphatic carbocycles. The second-order valence-corrected chi connectivity index (χ2v) is 10.8. The summed E-state index contributed by atoms with van der Waals surface area (Å²) >= 11 is 0. The molecule has 0 aromatic heterocycles. The van der Waals surface area contributed by atoms with E-state index < -0.39 is 72.2 Å². The number of nitrogens with one attached hydrogen (secondary N) is 3.